The lowest BCUT2D eigenvalue weighted by Gasteiger charge is -2.23. The molecule has 22 heavy (non-hydrogen) atoms. The number of ether oxygens (including phenoxy) is 1. The lowest BCUT2D eigenvalue weighted by Crippen LogP contribution is -2.32. The summed E-state index contributed by atoms with van der Waals surface area (Å²) in [5, 5.41) is 9.14. The van der Waals surface area contributed by atoms with Gasteiger partial charge in [-0.1, -0.05) is 30.3 Å². The molecule has 1 aliphatic heterocycles. The summed E-state index contributed by atoms with van der Waals surface area (Å²) in [6, 6.07) is 9.60. The number of benzene rings is 1. The van der Waals surface area contributed by atoms with Crippen molar-refractivity contribution in [2.45, 2.75) is 32.3 Å². The molecule has 1 N–H and O–H groups in total. The molecule has 2 atom stereocenters. The molecule has 5 heteroatoms. The maximum atomic E-state index is 12.2. The van der Waals surface area contributed by atoms with Gasteiger partial charge in [0, 0.05) is 13.1 Å². The summed E-state index contributed by atoms with van der Waals surface area (Å²) in [6.45, 7) is 1.57. The summed E-state index contributed by atoms with van der Waals surface area (Å²) in [7, 11) is 0. The van der Waals surface area contributed by atoms with Crippen molar-refractivity contribution in [3.63, 3.8) is 0 Å². The van der Waals surface area contributed by atoms with Gasteiger partial charge in [0.2, 0.25) is 0 Å². The van der Waals surface area contributed by atoms with Crippen molar-refractivity contribution in [3.8, 4) is 0 Å². The maximum absolute atomic E-state index is 12.2. The van der Waals surface area contributed by atoms with Crippen LogP contribution in [0.15, 0.2) is 30.3 Å². The molecular formula is C17H21NO4. The molecule has 1 aliphatic carbocycles. The van der Waals surface area contributed by atoms with Crippen LogP contribution in [-0.4, -0.2) is 35.2 Å². The molecule has 1 spiro atoms. The van der Waals surface area contributed by atoms with Gasteiger partial charge in [-0.3, -0.25) is 4.79 Å². The van der Waals surface area contributed by atoms with E-state index in [1.807, 2.05) is 30.3 Å². The van der Waals surface area contributed by atoms with E-state index in [2.05, 4.69) is 0 Å². The van der Waals surface area contributed by atoms with Gasteiger partial charge in [-0.05, 0) is 36.7 Å². The highest BCUT2D eigenvalue weighted by molar-refractivity contribution is 5.71. The number of carboxylic acids is 1. The smallest absolute Gasteiger partial charge is 0.410 e. The van der Waals surface area contributed by atoms with Crippen LogP contribution >= 0.6 is 0 Å². The van der Waals surface area contributed by atoms with Crippen molar-refractivity contribution in [1.29, 1.82) is 0 Å². The molecule has 0 unspecified atom stereocenters. The first-order chi connectivity index (χ1) is 10.6. The molecule has 1 aromatic carbocycles. The number of rotatable bonds is 3. The van der Waals surface area contributed by atoms with E-state index in [9.17, 15) is 9.59 Å². The van der Waals surface area contributed by atoms with Gasteiger partial charge < -0.3 is 14.7 Å². The fourth-order valence-electron chi connectivity index (χ4n) is 3.69. The van der Waals surface area contributed by atoms with E-state index >= 15 is 0 Å². The normalized spacial score (nSPS) is 27.3. The molecule has 1 saturated carbocycles. The van der Waals surface area contributed by atoms with Gasteiger partial charge in [0.15, 0.2) is 0 Å². The molecule has 118 valence electrons. The number of carbonyl (C=O) groups excluding carboxylic acids is 1. The van der Waals surface area contributed by atoms with E-state index < -0.39 is 5.97 Å². The van der Waals surface area contributed by atoms with E-state index in [0.717, 1.165) is 24.8 Å². The minimum atomic E-state index is -0.707. The SMILES string of the molecule is O=C(O)[C@H]1CC[C@]2(CCN(C(=O)OCc3ccccc3)C2)C1. The Morgan fingerprint density at radius 1 is 1.27 bits per heavy atom. The summed E-state index contributed by atoms with van der Waals surface area (Å²) < 4.78 is 5.36. The van der Waals surface area contributed by atoms with Gasteiger partial charge in [0.1, 0.15) is 6.61 Å². The van der Waals surface area contributed by atoms with Crippen LogP contribution in [0.2, 0.25) is 0 Å². The van der Waals surface area contributed by atoms with Gasteiger partial charge in [-0.15, -0.1) is 0 Å². The zero-order chi connectivity index (χ0) is 15.6. The molecule has 0 radical (unpaired) electrons. The molecule has 1 heterocycles. The summed E-state index contributed by atoms with van der Waals surface area (Å²) in [5.74, 6) is -0.956. The maximum Gasteiger partial charge on any atom is 0.410 e. The molecule has 0 bridgehead atoms. The summed E-state index contributed by atoms with van der Waals surface area (Å²) in [5.41, 5.74) is 0.964. The molecule has 5 nitrogen and oxygen atoms in total. The molecule has 3 rings (SSSR count). The predicted molar refractivity (Wildman–Crippen MR) is 80.2 cm³/mol. The first-order valence-electron chi connectivity index (χ1n) is 7.76. The van der Waals surface area contributed by atoms with Gasteiger partial charge in [-0.25, -0.2) is 4.79 Å². The Kier molecular flexibility index (Phi) is 4.05. The molecule has 0 aromatic heterocycles. The highest BCUT2D eigenvalue weighted by Gasteiger charge is 2.47. The van der Waals surface area contributed by atoms with Crippen molar-refractivity contribution in [3.05, 3.63) is 35.9 Å². The minimum Gasteiger partial charge on any atom is -0.481 e. The number of carbonyl (C=O) groups is 2. The number of likely N-dealkylation sites (tertiary alicyclic amines) is 1. The molecular weight excluding hydrogens is 282 g/mol. The van der Waals surface area contributed by atoms with Gasteiger partial charge in [0.25, 0.3) is 0 Å². The average molecular weight is 303 g/mol. The molecule has 1 aromatic rings. The second-order valence-electron chi connectivity index (χ2n) is 6.49. The lowest BCUT2D eigenvalue weighted by molar-refractivity contribution is -0.141. The van der Waals surface area contributed by atoms with Crippen LogP contribution in [0, 0.1) is 11.3 Å². The minimum absolute atomic E-state index is 0.00514. The van der Waals surface area contributed by atoms with Crippen LogP contribution in [-0.2, 0) is 16.1 Å². The molecule has 1 amide bonds. The Bertz CT molecular complexity index is 559. The Labute approximate surface area is 129 Å². The van der Waals surface area contributed by atoms with Crippen molar-refractivity contribution in [2.24, 2.45) is 11.3 Å². The number of hydrogen-bond acceptors (Lipinski definition) is 3. The van der Waals surface area contributed by atoms with E-state index in [1.54, 1.807) is 4.90 Å². The van der Waals surface area contributed by atoms with Gasteiger partial charge >= 0.3 is 12.1 Å². The van der Waals surface area contributed by atoms with Crippen LogP contribution < -0.4 is 0 Å². The molecule has 2 fully saturated rings. The Balaban J connectivity index is 1.52. The predicted octanol–water partition coefficient (Wildman–Crippen LogP) is 2.90. The van der Waals surface area contributed by atoms with E-state index in [1.165, 1.54) is 0 Å². The van der Waals surface area contributed by atoms with Crippen LogP contribution in [0.1, 0.15) is 31.2 Å². The average Bonchev–Trinajstić information content (AvgIpc) is 3.14. The second-order valence-corrected chi connectivity index (χ2v) is 6.49. The van der Waals surface area contributed by atoms with Crippen LogP contribution in [0.25, 0.3) is 0 Å². The van der Waals surface area contributed by atoms with Crippen molar-refractivity contribution >= 4 is 12.1 Å². The topological polar surface area (TPSA) is 66.8 Å². The van der Waals surface area contributed by atoms with Crippen molar-refractivity contribution in [1.82, 2.24) is 4.90 Å². The fourth-order valence-corrected chi connectivity index (χ4v) is 3.69. The lowest BCUT2D eigenvalue weighted by atomic mass is 9.84. The third-order valence-corrected chi connectivity index (χ3v) is 4.95. The standard InChI is InChI=1S/C17H21NO4/c19-15(20)14-6-7-17(10-14)8-9-18(12-17)16(21)22-11-13-4-2-1-3-5-13/h1-5,14H,6-12H2,(H,19,20)/t14-,17-/m0/s1. The third kappa shape index (κ3) is 3.08. The monoisotopic (exact) mass is 303 g/mol. The summed E-state index contributed by atoms with van der Waals surface area (Å²) in [6.07, 6.45) is 2.90. The fraction of sp³-hybridized carbons (Fsp3) is 0.529. The number of amides is 1. The van der Waals surface area contributed by atoms with Crippen molar-refractivity contribution < 1.29 is 19.4 Å². The first-order valence-corrected chi connectivity index (χ1v) is 7.76. The van der Waals surface area contributed by atoms with Gasteiger partial charge in [-0.2, -0.15) is 0 Å². The molecule has 1 saturated heterocycles. The van der Waals surface area contributed by atoms with Crippen LogP contribution in [0.5, 0.6) is 0 Å². The second kappa shape index (κ2) is 5.99. The quantitative estimate of drug-likeness (QED) is 0.932. The number of hydrogen-bond donors (Lipinski definition) is 1. The third-order valence-electron chi connectivity index (χ3n) is 4.95. The zero-order valence-electron chi connectivity index (χ0n) is 12.5. The number of aliphatic carboxylic acids is 1. The largest absolute Gasteiger partial charge is 0.481 e. The zero-order valence-corrected chi connectivity index (χ0v) is 12.5. The van der Waals surface area contributed by atoms with Gasteiger partial charge in [0.05, 0.1) is 5.92 Å². The number of carboxylic acid groups (broad SMARTS) is 1. The van der Waals surface area contributed by atoms with Crippen molar-refractivity contribution in [2.75, 3.05) is 13.1 Å². The Hall–Kier alpha value is -2.04. The highest BCUT2D eigenvalue weighted by atomic mass is 16.6. The Morgan fingerprint density at radius 3 is 2.73 bits per heavy atom. The van der Waals surface area contributed by atoms with E-state index in [-0.39, 0.29) is 24.0 Å². The molecule has 2 aliphatic rings. The summed E-state index contributed by atoms with van der Waals surface area (Å²) >= 11 is 0. The Morgan fingerprint density at radius 2 is 2.05 bits per heavy atom. The first kappa shape index (κ1) is 14.9. The summed E-state index contributed by atoms with van der Waals surface area (Å²) in [4.78, 5) is 25.0. The van der Waals surface area contributed by atoms with E-state index in [0.29, 0.717) is 19.5 Å². The number of nitrogens with zero attached hydrogens (tertiary/aromatic N) is 1. The van der Waals surface area contributed by atoms with Crippen LogP contribution in [0.4, 0.5) is 4.79 Å². The van der Waals surface area contributed by atoms with E-state index in [4.69, 9.17) is 9.84 Å². The highest BCUT2D eigenvalue weighted by Crippen LogP contribution is 2.48. The van der Waals surface area contributed by atoms with Crippen LogP contribution in [0.3, 0.4) is 0 Å².